The zero-order chi connectivity index (χ0) is 11.4. The monoisotopic (exact) mass is 217 g/mol. The van der Waals surface area contributed by atoms with Crippen LogP contribution in [0.5, 0.6) is 0 Å². The van der Waals surface area contributed by atoms with Crippen LogP contribution in [0.15, 0.2) is 29.3 Å². The van der Waals surface area contributed by atoms with Crippen LogP contribution in [0.25, 0.3) is 11.0 Å². The predicted octanol–water partition coefficient (Wildman–Crippen LogP) is 1.39. The summed E-state index contributed by atoms with van der Waals surface area (Å²) in [7, 11) is 0. The van der Waals surface area contributed by atoms with Gasteiger partial charge < -0.3 is 5.73 Å². The highest BCUT2D eigenvalue weighted by Gasteiger charge is 2.05. The van der Waals surface area contributed by atoms with Gasteiger partial charge in [-0.3, -0.25) is 4.99 Å². The summed E-state index contributed by atoms with van der Waals surface area (Å²) in [5.41, 5.74) is 7.58. The number of fused-ring (bicyclic) bond motifs is 1. The first-order valence-electron chi connectivity index (χ1n) is 5.43. The number of aromatic nitrogens is 3. The summed E-state index contributed by atoms with van der Waals surface area (Å²) < 4.78 is 1.57. The molecule has 0 bridgehead atoms. The van der Waals surface area contributed by atoms with Crippen molar-refractivity contribution in [2.75, 3.05) is 6.54 Å². The molecule has 1 heterocycles. The molecule has 16 heavy (non-hydrogen) atoms. The molecule has 2 N–H and O–H groups in total. The molecule has 0 fully saturated rings. The van der Waals surface area contributed by atoms with Gasteiger partial charge in [0.05, 0.1) is 5.52 Å². The standard InChI is InChI=1S/C11H15N5/c1-2-3-8-13-11(12)16-10-7-5-4-6-9(10)14-15-16/h4-7H,2-3,8H2,1H3,(H2,12,13). The van der Waals surface area contributed by atoms with E-state index >= 15 is 0 Å². The second-order valence-electron chi connectivity index (χ2n) is 3.58. The van der Waals surface area contributed by atoms with E-state index in [2.05, 4.69) is 22.2 Å². The molecule has 0 radical (unpaired) electrons. The van der Waals surface area contributed by atoms with Gasteiger partial charge in [0.25, 0.3) is 0 Å². The number of benzene rings is 1. The molecule has 0 aliphatic carbocycles. The summed E-state index contributed by atoms with van der Waals surface area (Å²) in [5, 5.41) is 8.00. The predicted molar refractivity (Wildman–Crippen MR) is 64.3 cm³/mol. The number of nitrogens with zero attached hydrogens (tertiary/aromatic N) is 4. The Morgan fingerprint density at radius 1 is 1.44 bits per heavy atom. The maximum absolute atomic E-state index is 5.86. The Hall–Kier alpha value is -1.91. The van der Waals surface area contributed by atoms with Crippen molar-refractivity contribution in [3.05, 3.63) is 24.3 Å². The molecule has 0 atom stereocenters. The van der Waals surface area contributed by atoms with Gasteiger partial charge in [-0.15, -0.1) is 5.10 Å². The summed E-state index contributed by atoms with van der Waals surface area (Å²) in [6.07, 6.45) is 2.14. The third-order valence-electron chi connectivity index (χ3n) is 2.35. The van der Waals surface area contributed by atoms with Crippen molar-refractivity contribution in [1.29, 1.82) is 0 Å². The molecule has 1 aromatic carbocycles. The molecule has 2 rings (SSSR count). The fraction of sp³-hybridized carbons (Fsp3) is 0.364. The lowest BCUT2D eigenvalue weighted by Gasteiger charge is -2.00. The number of aliphatic imine (C=N–C) groups is 1. The van der Waals surface area contributed by atoms with Gasteiger partial charge in [0.2, 0.25) is 5.96 Å². The molecule has 0 aliphatic rings. The van der Waals surface area contributed by atoms with Crippen LogP contribution in [0.4, 0.5) is 0 Å². The molecule has 5 nitrogen and oxygen atoms in total. The van der Waals surface area contributed by atoms with Gasteiger partial charge >= 0.3 is 0 Å². The molecule has 0 saturated carbocycles. The van der Waals surface area contributed by atoms with Gasteiger partial charge in [-0.2, -0.15) is 4.68 Å². The van der Waals surface area contributed by atoms with Crippen molar-refractivity contribution in [2.45, 2.75) is 19.8 Å². The lowest BCUT2D eigenvalue weighted by atomic mass is 10.3. The minimum Gasteiger partial charge on any atom is -0.368 e. The normalized spacial score (nSPS) is 12.2. The summed E-state index contributed by atoms with van der Waals surface area (Å²) in [4.78, 5) is 4.26. The zero-order valence-corrected chi connectivity index (χ0v) is 9.30. The van der Waals surface area contributed by atoms with Crippen molar-refractivity contribution in [2.24, 2.45) is 10.7 Å². The molecule has 2 aromatic rings. The van der Waals surface area contributed by atoms with Crippen LogP contribution in [0, 0.1) is 0 Å². The van der Waals surface area contributed by atoms with E-state index in [1.54, 1.807) is 4.68 Å². The molecule has 5 heteroatoms. The Kier molecular flexibility index (Phi) is 3.14. The minimum absolute atomic E-state index is 0.405. The molecule has 0 unspecified atom stereocenters. The molecule has 0 spiro atoms. The molecule has 84 valence electrons. The Balaban J connectivity index is 2.29. The highest BCUT2D eigenvalue weighted by atomic mass is 15.5. The number of hydrogen-bond acceptors (Lipinski definition) is 3. The fourth-order valence-corrected chi connectivity index (χ4v) is 1.46. The number of hydrogen-bond donors (Lipinski definition) is 1. The number of para-hydroxylation sites is 1. The van der Waals surface area contributed by atoms with Crippen LogP contribution in [0.2, 0.25) is 0 Å². The van der Waals surface area contributed by atoms with Crippen LogP contribution in [-0.2, 0) is 0 Å². The summed E-state index contributed by atoms with van der Waals surface area (Å²) in [5.74, 6) is 0.405. The third-order valence-corrected chi connectivity index (χ3v) is 2.35. The van der Waals surface area contributed by atoms with Crippen molar-refractivity contribution >= 4 is 17.0 Å². The number of nitrogens with two attached hydrogens (primary N) is 1. The van der Waals surface area contributed by atoms with E-state index in [-0.39, 0.29) is 0 Å². The van der Waals surface area contributed by atoms with Gasteiger partial charge in [0.15, 0.2) is 0 Å². The molecular formula is C11H15N5. The Morgan fingerprint density at radius 3 is 3.06 bits per heavy atom. The second-order valence-corrected chi connectivity index (χ2v) is 3.58. The van der Waals surface area contributed by atoms with Crippen LogP contribution in [0.1, 0.15) is 19.8 Å². The highest BCUT2D eigenvalue weighted by molar-refractivity contribution is 5.89. The minimum atomic E-state index is 0.405. The maximum atomic E-state index is 5.86. The smallest absolute Gasteiger partial charge is 0.218 e. The van der Waals surface area contributed by atoms with Gasteiger partial charge in [-0.25, -0.2) is 0 Å². The van der Waals surface area contributed by atoms with Crippen molar-refractivity contribution < 1.29 is 0 Å². The molecule has 1 aromatic heterocycles. The molecule has 0 saturated heterocycles. The SMILES string of the molecule is CCCCN=C(N)n1nnc2ccccc21. The number of unbranched alkanes of at least 4 members (excludes halogenated alkanes) is 1. The first-order valence-corrected chi connectivity index (χ1v) is 5.43. The highest BCUT2D eigenvalue weighted by Crippen LogP contribution is 2.08. The van der Waals surface area contributed by atoms with Gasteiger partial charge in [-0.1, -0.05) is 30.7 Å². The fourth-order valence-electron chi connectivity index (χ4n) is 1.46. The van der Waals surface area contributed by atoms with Crippen LogP contribution in [0.3, 0.4) is 0 Å². The van der Waals surface area contributed by atoms with E-state index < -0.39 is 0 Å². The van der Waals surface area contributed by atoms with E-state index in [1.807, 2.05) is 24.3 Å². The Bertz CT molecular complexity index is 500. The first-order chi connectivity index (χ1) is 7.83. The lowest BCUT2D eigenvalue weighted by molar-refractivity contribution is 0.788. The topological polar surface area (TPSA) is 69.1 Å². The van der Waals surface area contributed by atoms with E-state index in [9.17, 15) is 0 Å². The summed E-state index contributed by atoms with van der Waals surface area (Å²) >= 11 is 0. The molecular weight excluding hydrogens is 202 g/mol. The Morgan fingerprint density at radius 2 is 2.25 bits per heavy atom. The average molecular weight is 217 g/mol. The van der Waals surface area contributed by atoms with Gasteiger partial charge in [0, 0.05) is 6.54 Å². The number of rotatable bonds is 3. The van der Waals surface area contributed by atoms with Gasteiger partial charge in [0.1, 0.15) is 5.52 Å². The lowest BCUT2D eigenvalue weighted by Crippen LogP contribution is -2.24. The third kappa shape index (κ3) is 2.03. The van der Waals surface area contributed by atoms with Gasteiger partial charge in [-0.05, 0) is 18.6 Å². The van der Waals surface area contributed by atoms with Crippen LogP contribution in [-0.4, -0.2) is 27.5 Å². The maximum Gasteiger partial charge on any atom is 0.218 e. The van der Waals surface area contributed by atoms with Crippen LogP contribution < -0.4 is 5.73 Å². The van der Waals surface area contributed by atoms with E-state index in [0.717, 1.165) is 30.4 Å². The summed E-state index contributed by atoms with van der Waals surface area (Å²) in [6, 6.07) is 7.68. The van der Waals surface area contributed by atoms with E-state index in [4.69, 9.17) is 5.73 Å². The summed E-state index contributed by atoms with van der Waals surface area (Å²) in [6.45, 7) is 2.85. The second kappa shape index (κ2) is 4.74. The van der Waals surface area contributed by atoms with Crippen molar-refractivity contribution in [3.8, 4) is 0 Å². The van der Waals surface area contributed by atoms with Crippen LogP contribution >= 0.6 is 0 Å². The van der Waals surface area contributed by atoms with Crippen molar-refractivity contribution in [3.63, 3.8) is 0 Å². The Labute approximate surface area is 94.0 Å². The van der Waals surface area contributed by atoms with E-state index in [0.29, 0.717) is 5.96 Å². The van der Waals surface area contributed by atoms with Crippen molar-refractivity contribution in [1.82, 2.24) is 15.0 Å². The molecule has 0 amide bonds. The first kappa shape index (κ1) is 10.6. The molecule has 0 aliphatic heterocycles. The quantitative estimate of drug-likeness (QED) is 0.480. The van der Waals surface area contributed by atoms with E-state index in [1.165, 1.54) is 0 Å². The average Bonchev–Trinajstić information content (AvgIpc) is 2.73. The zero-order valence-electron chi connectivity index (χ0n) is 9.30. The largest absolute Gasteiger partial charge is 0.368 e.